The molecule has 0 amide bonds. The van der Waals surface area contributed by atoms with Crippen molar-refractivity contribution in [3.63, 3.8) is 0 Å². The number of aliphatic carboxylic acids is 2. The van der Waals surface area contributed by atoms with Gasteiger partial charge in [0.1, 0.15) is 6.04 Å². The van der Waals surface area contributed by atoms with Crippen LogP contribution in [0.1, 0.15) is 34.6 Å². The minimum atomic E-state index is -2.21. The second-order valence-corrected chi connectivity index (χ2v) is 9.42. The molecule has 1 saturated carbocycles. The van der Waals surface area contributed by atoms with Crippen LogP contribution in [0.25, 0.3) is 0 Å². The molecule has 2 aromatic rings. The van der Waals surface area contributed by atoms with Gasteiger partial charge in [0.25, 0.3) is 0 Å². The highest BCUT2D eigenvalue weighted by atomic mass is 16.6. The van der Waals surface area contributed by atoms with E-state index in [0.29, 0.717) is 17.3 Å². The molecule has 2 aromatic carbocycles. The quantitative estimate of drug-likeness (QED) is 0.339. The van der Waals surface area contributed by atoms with E-state index in [1.54, 1.807) is 12.1 Å². The molecule has 0 radical (unpaired) electrons. The van der Waals surface area contributed by atoms with Crippen molar-refractivity contribution in [3.8, 4) is 0 Å². The minimum Gasteiger partial charge on any atom is -0.478 e. The molecule has 2 fully saturated rings. The van der Waals surface area contributed by atoms with Gasteiger partial charge in [-0.2, -0.15) is 0 Å². The Labute approximate surface area is 218 Å². The Morgan fingerprint density at radius 3 is 1.55 bits per heavy atom. The number of hydrogen-bond acceptors (Lipinski definition) is 9. The molecular formula is C27H29NO10. The van der Waals surface area contributed by atoms with Crippen LogP contribution < -0.4 is 5.32 Å². The van der Waals surface area contributed by atoms with Crippen molar-refractivity contribution >= 4 is 29.8 Å². The number of carboxylic acids is 2. The molecule has 2 aliphatic rings. The summed E-state index contributed by atoms with van der Waals surface area (Å²) in [6, 6.07) is 14.8. The molecule has 0 spiro atoms. The number of rotatable bonds is 8. The smallest absolute Gasteiger partial charge is 0.349 e. The van der Waals surface area contributed by atoms with Gasteiger partial charge < -0.3 is 29.7 Å². The first kappa shape index (κ1) is 28.3. The molecule has 4 rings (SSSR count). The second-order valence-electron chi connectivity index (χ2n) is 9.42. The van der Waals surface area contributed by atoms with Crippen LogP contribution in [0.3, 0.4) is 0 Å². The van der Waals surface area contributed by atoms with Gasteiger partial charge >= 0.3 is 29.8 Å². The third kappa shape index (κ3) is 6.35. The number of carbonyl (C=O) groups is 5. The topological polar surface area (TPSA) is 166 Å². The number of fused-ring (bicyclic) bond motifs is 1. The van der Waals surface area contributed by atoms with E-state index in [1.165, 1.54) is 55.6 Å². The summed E-state index contributed by atoms with van der Waals surface area (Å²) < 4.78 is 14.2. The van der Waals surface area contributed by atoms with Crippen LogP contribution in [0.2, 0.25) is 0 Å². The number of carbonyl (C=O) groups excluding carboxylic acids is 3. The minimum absolute atomic E-state index is 0.0253. The summed E-state index contributed by atoms with van der Waals surface area (Å²) in [7, 11) is 1.45. The second kappa shape index (κ2) is 11.9. The fourth-order valence-electron chi connectivity index (χ4n) is 4.57. The maximum absolute atomic E-state index is 12.0. The Kier molecular flexibility index (Phi) is 8.84. The van der Waals surface area contributed by atoms with Crippen molar-refractivity contribution in [1.82, 2.24) is 5.32 Å². The third-order valence-electron chi connectivity index (χ3n) is 6.76. The summed E-state index contributed by atoms with van der Waals surface area (Å²) in [6.07, 6.45) is -4.43. The third-order valence-corrected chi connectivity index (χ3v) is 6.76. The largest absolute Gasteiger partial charge is 0.478 e. The first-order chi connectivity index (χ1) is 18.0. The summed E-state index contributed by atoms with van der Waals surface area (Å²) in [5, 5.41) is 21.7. The Morgan fingerprint density at radius 2 is 1.24 bits per heavy atom. The summed E-state index contributed by atoms with van der Waals surface area (Å²) in [6.45, 7) is 5.41. The van der Waals surface area contributed by atoms with Crippen molar-refractivity contribution in [2.45, 2.75) is 32.1 Å². The van der Waals surface area contributed by atoms with E-state index in [0.717, 1.165) is 6.54 Å². The van der Waals surface area contributed by atoms with Crippen molar-refractivity contribution in [2.24, 2.45) is 17.3 Å². The van der Waals surface area contributed by atoms with Crippen LogP contribution in [0.4, 0.5) is 0 Å². The van der Waals surface area contributed by atoms with Gasteiger partial charge in [0, 0.05) is 0 Å². The van der Waals surface area contributed by atoms with Gasteiger partial charge in [0.2, 0.25) is 12.2 Å². The first-order valence-corrected chi connectivity index (χ1v) is 11.8. The van der Waals surface area contributed by atoms with Gasteiger partial charge in [-0.05, 0) is 48.1 Å². The predicted molar refractivity (Wildman–Crippen MR) is 131 cm³/mol. The number of piperidine rings is 1. The summed E-state index contributed by atoms with van der Waals surface area (Å²) in [4.78, 5) is 58.1. The van der Waals surface area contributed by atoms with Crippen LogP contribution >= 0.6 is 0 Å². The zero-order valence-corrected chi connectivity index (χ0v) is 21.0. The van der Waals surface area contributed by atoms with Gasteiger partial charge in [0.05, 0.1) is 18.2 Å². The van der Waals surface area contributed by atoms with E-state index in [4.69, 9.17) is 14.2 Å². The van der Waals surface area contributed by atoms with Crippen LogP contribution in [0, 0.1) is 17.3 Å². The lowest BCUT2D eigenvalue weighted by Gasteiger charge is -2.21. The Balaban J connectivity index is 0.000000275. The first-order valence-electron chi connectivity index (χ1n) is 11.8. The van der Waals surface area contributed by atoms with Gasteiger partial charge in [-0.25, -0.2) is 19.2 Å². The Morgan fingerprint density at radius 1 is 0.816 bits per heavy atom. The average Bonchev–Trinajstić information content (AvgIpc) is 3.21. The van der Waals surface area contributed by atoms with Gasteiger partial charge in [0.15, 0.2) is 0 Å². The molecule has 1 saturated heterocycles. The van der Waals surface area contributed by atoms with Crippen LogP contribution in [-0.2, 0) is 28.6 Å². The standard InChI is InChI=1S/C18H14O8.C9H15NO2/c19-15(20)13(25-17(23)11-7-3-1-4-8-11)14(16(21)22)26-18(24)12-9-5-2-6-10-12;1-9(2)5-4-10-7(6(5)9)8(11)12-3/h1-10,13-14H,(H,19,20)(H,21,22);5-7,10H,4H2,1-3H3/t13-,14-;5-,6-,7-/m00/s1. The van der Waals surface area contributed by atoms with Crippen LogP contribution in [0.5, 0.6) is 0 Å². The molecule has 11 nitrogen and oxygen atoms in total. The maximum atomic E-state index is 12.0. The number of nitrogens with one attached hydrogen (secondary N) is 1. The number of esters is 3. The molecule has 1 heterocycles. The lowest BCUT2D eigenvalue weighted by Crippen LogP contribution is -2.45. The highest BCUT2D eigenvalue weighted by Gasteiger charge is 2.66. The summed E-state index contributed by atoms with van der Waals surface area (Å²) in [5.41, 5.74) is 0.402. The number of ether oxygens (including phenoxy) is 3. The van der Waals surface area contributed by atoms with Crippen molar-refractivity contribution < 1.29 is 48.4 Å². The number of hydrogen-bond donors (Lipinski definition) is 3. The molecule has 0 aromatic heterocycles. The molecule has 3 N–H and O–H groups in total. The van der Waals surface area contributed by atoms with E-state index in [1.807, 2.05) is 0 Å². The molecule has 1 aliphatic carbocycles. The highest BCUT2D eigenvalue weighted by Crippen LogP contribution is 2.62. The van der Waals surface area contributed by atoms with Crippen LogP contribution in [0.15, 0.2) is 60.7 Å². The maximum Gasteiger partial charge on any atom is 0.349 e. The number of benzene rings is 2. The average molecular weight is 528 g/mol. The zero-order chi connectivity index (χ0) is 28.0. The molecule has 11 heteroatoms. The lowest BCUT2D eigenvalue weighted by molar-refractivity contribution is -0.166. The van der Waals surface area contributed by atoms with Crippen molar-refractivity contribution in [1.29, 1.82) is 0 Å². The zero-order valence-electron chi connectivity index (χ0n) is 21.0. The van der Waals surface area contributed by atoms with Crippen LogP contribution in [-0.4, -0.2) is 72.0 Å². The van der Waals surface area contributed by atoms with E-state index >= 15 is 0 Å². The van der Waals surface area contributed by atoms with E-state index in [2.05, 4.69) is 19.2 Å². The molecule has 0 bridgehead atoms. The molecular weight excluding hydrogens is 498 g/mol. The lowest BCUT2D eigenvalue weighted by atomic mass is 10.0. The van der Waals surface area contributed by atoms with E-state index < -0.39 is 36.1 Å². The van der Waals surface area contributed by atoms with Crippen molar-refractivity contribution in [2.75, 3.05) is 13.7 Å². The summed E-state index contributed by atoms with van der Waals surface area (Å²) >= 11 is 0. The fraction of sp³-hybridized carbons (Fsp3) is 0.370. The monoisotopic (exact) mass is 527 g/mol. The number of carboxylic acid groups (broad SMARTS) is 2. The fourth-order valence-corrected chi connectivity index (χ4v) is 4.57. The SMILES string of the molecule is COC(=O)[C@H]1NC[C@H]2[C@@H]1C2(C)C.O=C(O[C@H](C(=O)O)[C@H](OC(=O)c1ccccc1)C(=O)O)c1ccccc1. The number of methoxy groups -OCH3 is 1. The molecule has 38 heavy (non-hydrogen) atoms. The molecule has 0 unspecified atom stereocenters. The highest BCUT2D eigenvalue weighted by molar-refractivity contribution is 5.95. The normalized spacial score (nSPS) is 21.8. The van der Waals surface area contributed by atoms with Gasteiger partial charge in [-0.3, -0.25) is 4.79 Å². The van der Waals surface area contributed by atoms with Gasteiger partial charge in [-0.1, -0.05) is 50.2 Å². The molecule has 5 atom stereocenters. The Bertz CT molecular complexity index is 1110. The summed E-state index contributed by atoms with van der Waals surface area (Å²) in [5.74, 6) is -4.55. The van der Waals surface area contributed by atoms with E-state index in [9.17, 15) is 34.2 Å². The van der Waals surface area contributed by atoms with E-state index in [-0.39, 0.29) is 23.1 Å². The van der Waals surface area contributed by atoms with Crippen molar-refractivity contribution in [3.05, 3.63) is 71.8 Å². The Hall–Kier alpha value is -4.25. The molecule has 1 aliphatic heterocycles. The predicted octanol–water partition coefficient (Wildman–Crippen LogP) is 2.01. The van der Waals surface area contributed by atoms with Gasteiger partial charge in [-0.15, -0.1) is 0 Å². The molecule has 202 valence electrons.